The van der Waals surface area contributed by atoms with Gasteiger partial charge in [0.15, 0.2) is 0 Å². The molecule has 1 aromatic carbocycles. The summed E-state index contributed by atoms with van der Waals surface area (Å²) in [5.41, 5.74) is 4.72. The molecule has 1 aliphatic heterocycles. The highest BCUT2D eigenvalue weighted by Crippen LogP contribution is 2.35. The molecule has 1 aliphatic rings. The fraction of sp³-hybridized carbons (Fsp3) is 0.263. The lowest BCUT2D eigenvalue weighted by atomic mass is 10.1. The largest absolute Gasteiger partial charge is 0.327 e. The number of rotatable bonds is 3. The van der Waals surface area contributed by atoms with Crippen LogP contribution in [0.3, 0.4) is 0 Å². The Morgan fingerprint density at radius 1 is 0.957 bits per heavy atom. The van der Waals surface area contributed by atoms with Crippen LogP contribution in [0.15, 0.2) is 53.7 Å². The van der Waals surface area contributed by atoms with Crippen molar-refractivity contribution in [2.24, 2.45) is 0 Å². The highest BCUT2D eigenvalue weighted by atomic mass is 32.2. The van der Waals surface area contributed by atoms with E-state index in [1.165, 1.54) is 40.4 Å². The molecule has 4 rings (SSSR count). The topological polar surface area (TPSA) is 30.7 Å². The lowest BCUT2D eigenvalue weighted by Gasteiger charge is -2.16. The molecule has 23 heavy (non-hydrogen) atoms. The fourth-order valence-electron chi connectivity index (χ4n) is 3.24. The van der Waals surface area contributed by atoms with Crippen molar-refractivity contribution in [2.45, 2.75) is 30.7 Å². The molecular weight excluding hydrogens is 302 g/mol. The van der Waals surface area contributed by atoms with Gasteiger partial charge in [-0.3, -0.25) is 4.98 Å². The van der Waals surface area contributed by atoms with E-state index in [0.29, 0.717) is 0 Å². The minimum Gasteiger partial charge on any atom is -0.327 e. The van der Waals surface area contributed by atoms with Gasteiger partial charge >= 0.3 is 0 Å². The first kappa shape index (κ1) is 14.5. The van der Waals surface area contributed by atoms with Gasteiger partial charge in [0.25, 0.3) is 0 Å². The van der Waals surface area contributed by atoms with Crippen LogP contribution in [0.4, 0.5) is 0 Å². The van der Waals surface area contributed by atoms with Gasteiger partial charge in [0, 0.05) is 41.4 Å². The van der Waals surface area contributed by atoms with Gasteiger partial charge in [0.2, 0.25) is 0 Å². The number of pyridine rings is 1. The molecule has 0 atom stereocenters. The van der Waals surface area contributed by atoms with Gasteiger partial charge in [-0.2, -0.15) is 0 Å². The second kappa shape index (κ2) is 6.20. The van der Waals surface area contributed by atoms with Crippen molar-refractivity contribution >= 4 is 11.8 Å². The third-order valence-corrected chi connectivity index (χ3v) is 5.14. The summed E-state index contributed by atoms with van der Waals surface area (Å²) in [6.45, 7) is 1.06. The Labute approximate surface area is 140 Å². The summed E-state index contributed by atoms with van der Waals surface area (Å²) >= 11 is 1.77. The summed E-state index contributed by atoms with van der Waals surface area (Å²) in [6.07, 6.45) is 9.36. The van der Waals surface area contributed by atoms with E-state index in [1.807, 2.05) is 12.4 Å². The summed E-state index contributed by atoms with van der Waals surface area (Å²) in [5, 5.41) is 0. The minimum atomic E-state index is 1.06. The molecule has 0 aliphatic carbocycles. The molecule has 0 saturated heterocycles. The first-order valence-electron chi connectivity index (χ1n) is 8.01. The maximum absolute atomic E-state index is 4.99. The summed E-state index contributed by atoms with van der Waals surface area (Å²) < 4.78 is 2.40. The molecule has 0 N–H and O–H groups in total. The lowest BCUT2D eigenvalue weighted by Crippen LogP contribution is -2.11. The number of hydrogen-bond acceptors (Lipinski definition) is 3. The predicted octanol–water partition coefficient (Wildman–Crippen LogP) is 4.67. The molecule has 4 heteroatoms. The SMILES string of the molecule is CSc1ccc(-c2nc3n(c2-c2ccncc2)CCCC3)cc1. The van der Waals surface area contributed by atoms with Crippen LogP contribution in [0.25, 0.3) is 22.5 Å². The van der Waals surface area contributed by atoms with Crippen LogP contribution in [-0.2, 0) is 13.0 Å². The standard InChI is InChI=1S/C19H19N3S/c1-23-16-7-5-14(6-8-16)18-19(15-9-11-20-12-10-15)22-13-3-2-4-17(22)21-18/h5-12H,2-4,13H2,1H3. The number of hydrogen-bond donors (Lipinski definition) is 0. The Morgan fingerprint density at radius 3 is 2.48 bits per heavy atom. The van der Waals surface area contributed by atoms with Crippen LogP contribution in [0.5, 0.6) is 0 Å². The van der Waals surface area contributed by atoms with Crippen molar-refractivity contribution in [3.63, 3.8) is 0 Å². The molecule has 0 bridgehead atoms. The molecule has 3 aromatic rings. The predicted molar refractivity (Wildman–Crippen MR) is 95.6 cm³/mol. The quantitative estimate of drug-likeness (QED) is 0.657. The molecule has 0 spiro atoms. The highest BCUT2D eigenvalue weighted by Gasteiger charge is 2.21. The van der Waals surface area contributed by atoms with Gasteiger partial charge in [0.1, 0.15) is 5.82 Å². The van der Waals surface area contributed by atoms with Crippen molar-refractivity contribution < 1.29 is 0 Å². The molecular formula is C19H19N3S. The molecule has 0 radical (unpaired) electrons. The van der Waals surface area contributed by atoms with Crippen molar-refractivity contribution in [3.05, 3.63) is 54.6 Å². The van der Waals surface area contributed by atoms with Crippen molar-refractivity contribution in [1.29, 1.82) is 0 Å². The van der Waals surface area contributed by atoms with E-state index in [2.05, 4.69) is 52.2 Å². The molecule has 3 heterocycles. The van der Waals surface area contributed by atoms with E-state index >= 15 is 0 Å². The second-order valence-electron chi connectivity index (χ2n) is 5.80. The monoisotopic (exact) mass is 321 g/mol. The zero-order valence-electron chi connectivity index (χ0n) is 13.2. The first-order valence-corrected chi connectivity index (χ1v) is 9.23. The zero-order valence-corrected chi connectivity index (χ0v) is 14.0. The van der Waals surface area contributed by atoms with Gasteiger partial charge < -0.3 is 4.57 Å². The number of nitrogens with zero attached hydrogens (tertiary/aromatic N) is 3. The summed E-state index contributed by atoms with van der Waals surface area (Å²) in [6, 6.07) is 12.9. The molecule has 0 unspecified atom stereocenters. The number of fused-ring (bicyclic) bond motifs is 1. The van der Waals surface area contributed by atoms with Gasteiger partial charge in [0.05, 0.1) is 11.4 Å². The van der Waals surface area contributed by atoms with E-state index in [0.717, 1.165) is 18.7 Å². The van der Waals surface area contributed by atoms with E-state index in [9.17, 15) is 0 Å². The minimum absolute atomic E-state index is 1.06. The Morgan fingerprint density at radius 2 is 1.74 bits per heavy atom. The van der Waals surface area contributed by atoms with E-state index in [-0.39, 0.29) is 0 Å². The maximum Gasteiger partial charge on any atom is 0.109 e. The first-order chi connectivity index (χ1) is 11.4. The fourth-order valence-corrected chi connectivity index (χ4v) is 3.64. The molecule has 116 valence electrons. The molecule has 2 aromatic heterocycles. The van der Waals surface area contributed by atoms with E-state index < -0.39 is 0 Å². The summed E-state index contributed by atoms with van der Waals surface area (Å²) in [7, 11) is 0. The third-order valence-electron chi connectivity index (χ3n) is 4.40. The number of aromatic nitrogens is 3. The Bertz CT molecular complexity index is 807. The average molecular weight is 321 g/mol. The molecule has 0 fully saturated rings. The summed E-state index contributed by atoms with van der Waals surface area (Å²) in [5.74, 6) is 1.21. The smallest absolute Gasteiger partial charge is 0.109 e. The van der Waals surface area contributed by atoms with Gasteiger partial charge in [-0.1, -0.05) is 12.1 Å². The van der Waals surface area contributed by atoms with Crippen LogP contribution in [0.2, 0.25) is 0 Å². The van der Waals surface area contributed by atoms with Crippen LogP contribution in [0, 0.1) is 0 Å². The lowest BCUT2D eigenvalue weighted by molar-refractivity contribution is 0.526. The van der Waals surface area contributed by atoms with E-state index in [4.69, 9.17) is 4.98 Å². The average Bonchev–Trinajstić information content (AvgIpc) is 3.02. The van der Waals surface area contributed by atoms with Crippen molar-refractivity contribution in [2.75, 3.05) is 6.26 Å². The highest BCUT2D eigenvalue weighted by molar-refractivity contribution is 7.98. The summed E-state index contributed by atoms with van der Waals surface area (Å²) in [4.78, 5) is 10.4. The molecule has 0 saturated carbocycles. The normalized spacial score (nSPS) is 13.8. The van der Waals surface area contributed by atoms with Gasteiger partial charge in [-0.05, 0) is 43.4 Å². The number of imidazole rings is 1. The number of aryl methyl sites for hydroxylation is 1. The molecule has 3 nitrogen and oxygen atoms in total. The number of benzene rings is 1. The van der Waals surface area contributed by atoms with Crippen LogP contribution in [0.1, 0.15) is 18.7 Å². The van der Waals surface area contributed by atoms with Crippen LogP contribution in [-0.4, -0.2) is 20.8 Å². The van der Waals surface area contributed by atoms with Gasteiger partial charge in [-0.25, -0.2) is 4.98 Å². The van der Waals surface area contributed by atoms with E-state index in [1.54, 1.807) is 11.8 Å². The molecule has 0 amide bonds. The van der Waals surface area contributed by atoms with Crippen LogP contribution >= 0.6 is 11.8 Å². The Hall–Kier alpha value is -2.07. The Kier molecular flexibility index (Phi) is 3.92. The van der Waals surface area contributed by atoms with Crippen molar-refractivity contribution in [3.8, 4) is 22.5 Å². The van der Waals surface area contributed by atoms with Crippen molar-refractivity contribution in [1.82, 2.24) is 14.5 Å². The second-order valence-corrected chi connectivity index (χ2v) is 6.68. The maximum atomic E-state index is 4.99. The third kappa shape index (κ3) is 2.68. The Balaban J connectivity index is 1.90. The zero-order chi connectivity index (χ0) is 15.6. The van der Waals surface area contributed by atoms with Crippen LogP contribution < -0.4 is 0 Å². The van der Waals surface area contributed by atoms with Gasteiger partial charge in [-0.15, -0.1) is 11.8 Å². The number of thioether (sulfide) groups is 1.